The van der Waals surface area contributed by atoms with Crippen LogP contribution < -0.4 is 0 Å². The third-order valence-electron chi connectivity index (χ3n) is 3.28. The van der Waals surface area contributed by atoms with E-state index in [1.165, 1.54) is 6.07 Å². The molecular weight excluding hydrogens is 311 g/mol. The third kappa shape index (κ3) is 2.73. The van der Waals surface area contributed by atoms with Crippen LogP contribution in [-0.4, -0.2) is 24.7 Å². The molecule has 1 N–H and O–H groups in total. The van der Waals surface area contributed by atoms with Crippen LogP contribution in [0.3, 0.4) is 0 Å². The van der Waals surface area contributed by atoms with Crippen LogP contribution in [-0.2, 0) is 9.84 Å². The first-order valence-electron chi connectivity index (χ1n) is 5.80. The fraction of sp³-hybridized carbons (Fsp3) is 0.417. The minimum Gasteiger partial charge on any atom is -0.478 e. The van der Waals surface area contributed by atoms with Gasteiger partial charge >= 0.3 is 5.97 Å². The molecule has 7 heteroatoms. The lowest BCUT2D eigenvalue weighted by atomic mass is 10.2. The number of carboxylic acid groups (broad SMARTS) is 1. The second-order valence-corrected chi connectivity index (χ2v) is 7.53. The van der Waals surface area contributed by atoms with Crippen molar-refractivity contribution in [3.8, 4) is 0 Å². The zero-order valence-corrected chi connectivity index (χ0v) is 12.2. The standard InChI is InChI=1S/C12H12Cl2O4S/c13-7-5-9(12(15)16)11(14)10(6-7)19(17,18)8-3-1-2-4-8/h5-6,8H,1-4H2,(H,15,16). The maximum absolute atomic E-state index is 12.4. The lowest BCUT2D eigenvalue weighted by molar-refractivity contribution is 0.0697. The summed E-state index contributed by atoms with van der Waals surface area (Å²) in [4.78, 5) is 10.9. The number of hydrogen-bond acceptors (Lipinski definition) is 3. The Kier molecular flexibility index (Phi) is 4.08. The molecule has 0 spiro atoms. The van der Waals surface area contributed by atoms with Crippen molar-refractivity contribution in [1.29, 1.82) is 0 Å². The van der Waals surface area contributed by atoms with E-state index >= 15 is 0 Å². The number of rotatable bonds is 3. The van der Waals surface area contributed by atoms with Gasteiger partial charge in [0.25, 0.3) is 0 Å². The zero-order chi connectivity index (χ0) is 14.2. The maximum atomic E-state index is 12.4. The van der Waals surface area contributed by atoms with Crippen molar-refractivity contribution < 1.29 is 18.3 Å². The number of aromatic carboxylic acids is 1. The summed E-state index contributed by atoms with van der Waals surface area (Å²) in [5.74, 6) is -1.30. The van der Waals surface area contributed by atoms with E-state index in [9.17, 15) is 13.2 Å². The van der Waals surface area contributed by atoms with Gasteiger partial charge in [-0.25, -0.2) is 13.2 Å². The van der Waals surface area contributed by atoms with Gasteiger partial charge in [-0.2, -0.15) is 0 Å². The van der Waals surface area contributed by atoms with Crippen LogP contribution in [0.4, 0.5) is 0 Å². The summed E-state index contributed by atoms with van der Waals surface area (Å²) in [5, 5.41) is 8.31. The molecule has 0 unspecified atom stereocenters. The minimum absolute atomic E-state index is 0.0540. The van der Waals surface area contributed by atoms with E-state index in [-0.39, 0.29) is 20.5 Å². The van der Waals surface area contributed by atoms with Gasteiger partial charge in [0.15, 0.2) is 9.84 Å². The molecule has 1 fully saturated rings. The van der Waals surface area contributed by atoms with Gasteiger partial charge in [-0.3, -0.25) is 0 Å². The van der Waals surface area contributed by atoms with E-state index in [2.05, 4.69) is 0 Å². The molecule has 1 aromatic rings. The lowest BCUT2D eigenvalue weighted by Crippen LogP contribution is -2.19. The number of sulfone groups is 1. The molecular formula is C12H12Cl2O4S. The van der Waals surface area contributed by atoms with Crippen molar-refractivity contribution in [3.05, 3.63) is 27.7 Å². The van der Waals surface area contributed by atoms with Gasteiger partial charge in [-0.15, -0.1) is 0 Å². The SMILES string of the molecule is O=C(O)c1cc(Cl)cc(S(=O)(=O)C2CCCC2)c1Cl. The fourth-order valence-corrected chi connectivity index (χ4v) is 5.06. The first kappa shape index (κ1) is 14.6. The highest BCUT2D eigenvalue weighted by Gasteiger charge is 2.33. The monoisotopic (exact) mass is 322 g/mol. The van der Waals surface area contributed by atoms with E-state index in [0.29, 0.717) is 12.8 Å². The topological polar surface area (TPSA) is 71.4 Å². The van der Waals surface area contributed by atoms with Crippen molar-refractivity contribution in [2.75, 3.05) is 0 Å². The summed E-state index contributed by atoms with van der Waals surface area (Å²) in [6.07, 6.45) is 2.86. The molecule has 0 saturated heterocycles. The van der Waals surface area contributed by atoms with E-state index in [1.54, 1.807) is 0 Å². The molecule has 1 saturated carbocycles. The van der Waals surface area contributed by atoms with Crippen molar-refractivity contribution in [2.24, 2.45) is 0 Å². The van der Waals surface area contributed by atoms with Gasteiger partial charge in [-0.1, -0.05) is 36.0 Å². The van der Waals surface area contributed by atoms with E-state index in [4.69, 9.17) is 28.3 Å². The van der Waals surface area contributed by atoms with E-state index in [1.807, 2.05) is 0 Å². The van der Waals surface area contributed by atoms with E-state index in [0.717, 1.165) is 18.9 Å². The zero-order valence-electron chi connectivity index (χ0n) is 9.90. The Balaban J connectivity index is 2.59. The fourth-order valence-electron chi connectivity index (χ4n) is 2.31. The van der Waals surface area contributed by atoms with Gasteiger partial charge < -0.3 is 5.11 Å². The van der Waals surface area contributed by atoms with Crippen LogP contribution >= 0.6 is 23.2 Å². The summed E-state index contributed by atoms with van der Waals surface area (Å²) < 4.78 is 24.9. The lowest BCUT2D eigenvalue weighted by Gasteiger charge is -2.14. The van der Waals surface area contributed by atoms with Gasteiger partial charge in [-0.05, 0) is 25.0 Å². The van der Waals surface area contributed by atoms with Crippen LogP contribution in [0.25, 0.3) is 0 Å². The summed E-state index contributed by atoms with van der Waals surface area (Å²) in [6.45, 7) is 0. The van der Waals surface area contributed by atoms with Crippen molar-refractivity contribution in [3.63, 3.8) is 0 Å². The molecule has 1 aromatic carbocycles. The van der Waals surface area contributed by atoms with Crippen LogP contribution in [0, 0.1) is 0 Å². The Morgan fingerprint density at radius 3 is 2.32 bits per heavy atom. The Hall–Kier alpha value is -0.780. The Morgan fingerprint density at radius 1 is 1.21 bits per heavy atom. The number of carbonyl (C=O) groups is 1. The summed E-state index contributed by atoms with van der Waals surface area (Å²) >= 11 is 11.7. The molecule has 2 rings (SSSR count). The first-order valence-corrected chi connectivity index (χ1v) is 8.10. The van der Waals surface area contributed by atoms with Crippen LogP contribution in [0.15, 0.2) is 17.0 Å². The summed E-state index contributed by atoms with van der Waals surface area (Å²) in [5.41, 5.74) is -0.286. The molecule has 0 aromatic heterocycles. The second-order valence-electron chi connectivity index (χ2n) is 4.52. The molecule has 0 atom stereocenters. The molecule has 0 radical (unpaired) electrons. The molecule has 1 aliphatic carbocycles. The normalized spacial score (nSPS) is 16.7. The molecule has 0 bridgehead atoms. The maximum Gasteiger partial charge on any atom is 0.337 e. The molecule has 19 heavy (non-hydrogen) atoms. The smallest absolute Gasteiger partial charge is 0.337 e. The van der Waals surface area contributed by atoms with Crippen molar-refractivity contribution in [1.82, 2.24) is 0 Å². The first-order chi connectivity index (χ1) is 8.84. The summed E-state index contributed by atoms with van der Waals surface area (Å²) in [6, 6.07) is 2.38. The van der Waals surface area contributed by atoms with Gasteiger partial charge in [0.05, 0.1) is 20.7 Å². The highest BCUT2D eigenvalue weighted by molar-refractivity contribution is 7.92. The highest BCUT2D eigenvalue weighted by Crippen LogP contribution is 2.36. The third-order valence-corrected chi connectivity index (χ3v) is 6.30. The Labute approximate surface area is 121 Å². The Morgan fingerprint density at radius 2 is 1.79 bits per heavy atom. The van der Waals surface area contributed by atoms with E-state index < -0.39 is 21.1 Å². The van der Waals surface area contributed by atoms with Crippen LogP contribution in [0.1, 0.15) is 36.0 Å². The molecule has 1 aliphatic rings. The van der Waals surface area contributed by atoms with Crippen LogP contribution in [0.5, 0.6) is 0 Å². The number of benzene rings is 1. The van der Waals surface area contributed by atoms with Crippen molar-refractivity contribution >= 4 is 39.0 Å². The number of hydrogen-bond donors (Lipinski definition) is 1. The summed E-state index contributed by atoms with van der Waals surface area (Å²) in [7, 11) is -3.63. The highest BCUT2D eigenvalue weighted by atomic mass is 35.5. The molecule has 104 valence electrons. The average Bonchev–Trinajstić information content (AvgIpc) is 2.85. The minimum atomic E-state index is -3.63. The van der Waals surface area contributed by atoms with Gasteiger partial charge in [0.2, 0.25) is 0 Å². The number of halogens is 2. The van der Waals surface area contributed by atoms with Crippen molar-refractivity contribution in [2.45, 2.75) is 35.8 Å². The number of carboxylic acids is 1. The molecule has 0 aliphatic heterocycles. The Bertz CT molecular complexity index is 619. The molecule has 4 nitrogen and oxygen atoms in total. The predicted octanol–water partition coefficient (Wildman–Crippen LogP) is 3.41. The largest absolute Gasteiger partial charge is 0.478 e. The predicted molar refractivity (Wildman–Crippen MR) is 72.9 cm³/mol. The van der Waals surface area contributed by atoms with Gasteiger partial charge in [0, 0.05) is 5.02 Å². The second kappa shape index (κ2) is 5.31. The molecule has 0 heterocycles. The molecule has 0 amide bonds. The quantitative estimate of drug-likeness (QED) is 0.925. The van der Waals surface area contributed by atoms with Crippen LogP contribution in [0.2, 0.25) is 10.0 Å². The van der Waals surface area contributed by atoms with Gasteiger partial charge in [0.1, 0.15) is 0 Å². The average molecular weight is 323 g/mol.